The van der Waals surface area contributed by atoms with Gasteiger partial charge >= 0.3 is 0 Å². The van der Waals surface area contributed by atoms with Crippen molar-refractivity contribution in [1.29, 1.82) is 0 Å². The Labute approximate surface area is 66.5 Å². The third-order valence-electron chi connectivity index (χ3n) is 2.75. The number of nitrogens with one attached hydrogen (secondary N) is 2. The van der Waals surface area contributed by atoms with Gasteiger partial charge in [-0.2, -0.15) is 0 Å². The first-order valence-corrected chi connectivity index (χ1v) is 4.27. The molecule has 2 N–H and O–H groups in total. The van der Waals surface area contributed by atoms with Crippen molar-refractivity contribution >= 4 is 5.78 Å². The zero-order valence-corrected chi connectivity index (χ0v) is 6.76. The Balaban J connectivity index is 2.12. The van der Waals surface area contributed by atoms with Crippen molar-refractivity contribution < 1.29 is 4.79 Å². The maximum atomic E-state index is 11.5. The first-order valence-electron chi connectivity index (χ1n) is 4.27. The van der Waals surface area contributed by atoms with Gasteiger partial charge in [0.25, 0.3) is 0 Å². The van der Waals surface area contributed by atoms with Crippen molar-refractivity contribution in [2.75, 3.05) is 19.6 Å². The summed E-state index contributed by atoms with van der Waals surface area (Å²) in [5.41, 5.74) is 0. The number of hydrogen-bond donors (Lipinski definition) is 2. The molecule has 0 aliphatic carbocycles. The minimum Gasteiger partial charge on any atom is -0.314 e. The smallest absolute Gasteiger partial charge is 0.142 e. The van der Waals surface area contributed by atoms with Crippen LogP contribution < -0.4 is 10.6 Å². The zero-order valence-electron chi connectivity index (χ0n) is 6.76. The summed E-state index contributed by atoms with van der Waals surface area (Å²) in [5, 5.41) is 6.61. The Bertz CT molecular complexity index is 181. The normalized spacial score (nSPS) is 44.1. The van der Waals surface area contributed by atoms with Crippen molar-refractivity contribution in [3.63, 3.8) is 0 Å². The molecule has 2 aliphatic rings. The molecule has 0 aromatic carbocycles. The van der Waals surface area contributed by atoms with Gasteiger partial charge in [0.15, 0.2) is 0 Å². The van der Waals surface area contributed by atoms with Crippen LogP contribution in [0.1, 0.15) is 6.92 Å². The molecular formula is C8H14N2O. The predicted octanol–water partition coefficient (Wildman–Crippen LogP) is -0.617. The van der Waals surface area contributed by atoms with E-state index in [1.54, 1.807) is 0 Å². The van der Waals surface area contributed by atoms with E-state index >= 15 is 0 Å². The first-order chi connectivity index (χ1) is 5.29. The van der Waals surface area contributed by atoms with Gasteiger partial charge in [-0.1, -0.05) is 6.92 Å². The first kappa shape index (κ1) is 7.25. The average molecular weight is 154 g/mol. The second-order valence-corrected chi connectivity index (χ2v) is 3.58. The van der Waals surface area contributed by atoms with Crippen LogP contribution in [0.3, 0.4) is 0 Å². The second kappa shape index (κ2) is 2.57. The zero-order chi connectivity index (χ0) is 7.84. The standard InChI is InChI=1S/C8H14N2O/c1-5-2-10-7-4-9-3-6(7)8(5)11/h5-7,9-10H,2-4H2,1H3. The fourth-order valence-electron chi connectivity index (χ4n) is 1.99. The van der Waals surface area contributed by atoms with E-state index in [9.17, 15) is 4.79 Å². The van der Waals surface area contributed by atoms with Gasteiger partial charge in [-0.15, -0.1) is 0 Å². The summed E-state index contributed by atoms with van der Waals surface area (Å²) in [6, 6.07) is 0.415. The molecule has 11 heavy (non-hydrogen) atoms. The molecular weight excluding hydrogens is 140 g/mol. The lowest BCUT2D eigenvalue weighted by atomic mass is 9.86. The van der Waals surface area contributed by atoms with Gasteiger partial charge in [0.1, 0.15) is 5.78 Å². The SMILES string of the molecule is CC1CNC2CNCC2C1=O. The summed E-state index contributed by atoms with van der Waals surface area (Å²) in [5.74, 6) is 0.911. The quantitative estimate of drug-likeness (QED) is 0.489. The maximum Gasteiger partial charge on any atom is 0.142 e. The van der Waals surface area contributed by atoms with E-state index in [-0.39, 0.29) is 11.8 Å². The Kier molecular flexibility index (Phi) is 1.69. The van der Waals surface area contributed by atoms with E-state index in [1.165, 1.54) is 0 Å². The molecule has 0 aromatic heterocycles. The largest absolute Gasteiger partial charge is 0.314 e. The summed E-state index contributed by atoms with van der Waals surface area (Å²) in [7, 11) is 0. The van der Waals surface area contributed by atoms with E-state index in [0.29, 0.717) is 11.8 Å². The van der Waals surface area contributed by atoms with Crippen LogP contribution in [-0.4, -0.2) is 31.5 Å². The van der Waals surface area contributed by atoms with E-state index in [1.807, 2.05) is 6.92 Å². The molecule has 3 nitrogen and oxygen atoms in total. The van der Waals surface area contributed by atoms with Crippen molar-refractivity contribution in [3.8, 4) is 0 Å². The van der Waals surface area contributed by atoms with Crippen LogP contribution in [0.2, 0.25) is 0 Å². The molecule has 2 aliphatic heterocycles. The highest BCUT2D eigenvalue weighted by molar-refractivity contribution is 5.85. The van der Waals surface area contributed by atoms with E-state index in [4.69, 9.17) is 0 Å². The van der Waals surface area contributed by atoms with Gasteiger partial charge in [-0.3, -0.25) is 4.79 Å². The van der Waals surface area contributed by atoms with Gasteiger partial charge in [-0.05, 0) is 0 Å². The van der Waals surface area contributed by atoms with Crippen LogP contribution in [0.5, 0.6) is 0 Å². The molecule has 3 heteroatoms. The minimum atomic E-state index is 0.219. The lowest BCUT2D eigenvalue weighted by Gasteiger charge is -2.28. The van der Waals surface area contributed by atoms with Crippen LogP contribution in [-0.2, 0) is 4.79 Å². The molecule has 3 unspecified atom stereocenters. The van der Waals surface area contributed by atoms with Gasteiger partial charge in [0.05, 0.1) is 0 Å². The molecule has 2 rings (SSSR count). The lowest BCUT2D eigenvalue weighted by Crippen LogP contribution is -2.49. The third-order valence-corrected chi connectivity index (χ3v) is 2.75. The number of ketones is 1. The molecule has 0 radical (unpaired) electrons. The number of hydrogen-bond acceptors (Lipinski definition) is 3. The third kappa shape index (κ3) is 1.08. The van der Waals surface area contributed by atoms with Crippen LogP contribution >= 0.6 is 0 Å². The Morgan fingerprint density at radius 3 is 3.00 bits per heavy atom. The maximum absolute atomic E-state index is 11.5. The van der Waals surface area contributed by atoms with Crippen molar-refractivity contribution in [2.24, 2.45) is 11.8 Å². The number of rotatable bonds is 0. The van der Waals surface area contributed by atoms with Gasteiger partial charge in [-0.25, -0.2) is 0 Å². The van der Waals surface area contributed by atoms with Crippen LogP contribution in [0.15, 0.2) is 0 Å². The van der Waals surface area contributed by atoms with Crippen molar-refractivity contribution in [1.82, 2.24) is 10.6 Å². The van der Waals surface area contributed by atoms with Crippen LogP contribution in [0, 0.1) is 11.8 Å². The Morgan fingerprint density at radius 2 is 2.18 bits per heavy atom. The van der Waals surface area contributed by atoms with Crippen LogP contribution in [0.4, 0.5) is 0 Å². The molecule has 0 bridgehead atoms. The van der Waals surface area contributed by atoms with E-state index in [0.717, 1.165) is 19.6 Å². The summed E-state index contributed by atoms with van der Waals surface area (Å²) in [6.45, 7) is 4.70. The number of fused-ring (bicyclic) bond motifs is 1. The molecule has 0 spiro atoms. The van der Waals surface area contributed by atoms with Crippen LogP contribution in [0.25, 0.3) is 0 Å². The van der Waals surface area contributed by atoms with E-state index < -0.39 is 0 Å². The highest BCUT2D eigenvalue weighted by atomic mass is 16.1. The summed E-state index contributed by atoms with van der Waals surface area (Å²) in [4.78, 5) is 11.5. The molecule has 2 fully saturated rings. The highest BCUT2D eigenvalue weighted by Crippen LogP contribution is 2.19. The second-order valence-electron chi connectivity index (χ2n) is 3.58. The number of piperidine rings is 1. The Hall–Kier alpha value is -0.410. The molecule has 0 amide bonds. The van der Waals surface area contributed by atoms with Gasteiger partial charge < -0.3 is 10.6 Å². The topological polar surface area (TPSA) is 41.1 Å². The van der Waals surface area contributed by atoms with Crippen molar-refractivity contribution in [3.05, 3.63) is 0 Å². The highest BCUT2D eigenvalue weighted by Gasteiger charge is 2.38. The van der Waals surface area contributed by atoms with E-state index in [2.05, 4.69) is 10.6 Å². The number of Topliss-reactive ketones (excluding diaryl/α,β-unsaturated/α-hetero) is 1. The summed E-state index contributed by atoms with van der Waals surface area (Å²) >= 11 is 0. The molecule has 62 valence electrons. The lowest BCUT2D eigenvalue weighted by molar-refractivity contribution is -0.127. The predicted molar refractivity (Wildman–Crippen MR) is 42.3 cm³/mol. The van der Waals surface area contributed by atoms with Gasteiger partial charge in [0, 0.05) is 37.5 Å². The number of carbonyl (C=O) groups is 1. The molecule has 0 aromatic rings. The fourth-order valence-corrected chi connectivity index (χ4v) is 1.99. The molecule has 2 saturated heterocycles. The summed E-state index contributed by atoms with van der Waals surface area (Å²) < 4.78 is 0. The van der Waals surface area contributed by atoms with Gasteiger partial charge in [0.2, 0.25) is 0 Å². The van der Waals surface area contributed by atoms with Crippen molar-refractivity contribution in [2.45, 2.75) is 13.0 Å². The minimum absolute atomic E-state index is 0.219. The fraction of sp³-hybridized carbons (Fsp3) is 0.875. The molecule has 0 saturated carbocycles. The molecule has 2 heterocycles. The Morgan fingerprint density at radius 1 is 1.36 bits per heavy atom. The molecule has 3 atom stereocenters. The summed E-state index contributed by atoms with van der Waals surface area (Å²) in [6.07, 6.45) is 0. The average Bonchev–Trinajstić information content (AvgIpc) is 2.45. The number of carbonyl (C=O) groups excluding carboxylic acids is 1. The monoisotopic (exact) mass is 154 g/mol.